The van der Waals surface area contributed by atoms with Crippen LogP contribution in [0.1, 0.15) is 58.1 Å². The molecule has 0 N–H and O–H groups in total. The lowest BCUT2D eigenvalue weighted by molar-refractivity contribution is -0.130. The predicted octanol–water partition coefficient (Wildman–Crippen LogP) is 3.22. The molecule has 0 spiro atoms. The maximum Gasteiger partial charge on any atom is 0.264 e. The van der Waals surface area contributed by atoms with Crippen LogP contribution < -0.4 is 14.4 Å². The van der Waals surface area contributed by atoms with Crippen LogP contribution in [0.15, 0.2) is 36.4 Å². The van der Waals surface area contributed by atoms with E-state index in [4.69, 9.17) is 9.47 Å². The van der Waals surface area contributed by atoms with Crippen molar-refractivity contribution in [3.63, 3.8) is 0 Å². The van der Waals surface area contributed by atoms with E-state index in [2.05, 4.69) is 0 Å². The number of fused-ring (bicyclic) bond motifs is 5. The zero-order valence-corrected chi connectivity index (χ0v) is 18.9. The highest BCUT2D eigenvalue weighted by Gasteiger charge is 2.49. The molecular weight excluding hydrogens is 422 g/mol. The van der Waals surface area contributed by atoms with Crippen molar-refractivity contribution < 1.29 is 23.9 Å². The molecule has 0 aromatic heterocycles. The number of hydrogen-bond acceptors (Lipinski definition) is 5. The van der Waals surface area contributed by atoms with Crippen LogP contribution in [0.3, 0.4) is 0 Å². The number of anilines is 1. The second kappa shape index (κ2) is 8.42. The lowest BCUT2D eigenvalue weighted by atomic mass is 10.0. The Morgan fingerprint density at radius 2 is 1.76 bits per heavy atom. The average molecular weight is 450 g/mol. The van der Waals surface area contributed by atoms with Crippen molar-refractivity contribution in [3.05, 3.63) is 53.1 Å². The van der Waals surface area contributed by atoms with E-state index in [9.17, 15) is 14.4 Å². The van der Waals surface area contributed by atoms with E-state index >= 15 is 0 Å². The topological polar surface area (TPSA) is 79.4 Å². The molecule has 5 rings (SSSR count). The Labute approximate surface area is 192 Å². The Balaban J connectivity index is 1.51. The fourth-order valence-electron chi connectivity index (χ4n) is 5.18. The first kappa shape index (κ1) is 21.3. The number of ether oxygens (including phenoxy) is 2. The minimum atomic E-state index is -0.586. The van der Waals surface area contributed by atoms with Gasteiger partial charge in [-0.2, -0.15) is 0 Å². The van der Waals surface area contributed by atoms with E-state index in [1.54, 1.807) is 34.1 Å². The summed E-state index contributed by atoms with van der Waals surface area (Å²) in [4.78, 5) is 44.9. The number of carbonyl (C=O) groups excluding carboxylic acids is 3. The van der Waals surface area contributed by atoms with E-state index in [1.165, 1.54) is 14.2 Å². The van der Waals surface area contributed by atoms with E-state index in [0.29, 0.717) is 53.3 Å². The number of carbonyl (C=O) groups is 3. The van der Waals surface area contributed by atoms with Crippen LogP contribution in [0.5, 0.6) is 11.5 Å². The SMILES string of the molecule is COc1ccc2c(c1OC)C(=O)N1c3ccccc3C(=O)N(CCCC(=O)N3CCCC3)C21. The molecule has 0 aliphatic carbocycles. The molecule has 1 atom stereocenters. The summed E-state index contributed by atoms with van der Waals surface area (Å²) in [6.45, 7) is 2.00. The normalized spacial score (nSPS) is 18.8. The number of rotatable bonds is 6. The third kappa shape index (κ3) is 3.32. The van der Waals surface area contributed by atoms with Gasteiger partial charge in [-0.1, -0.05) is 18.2 Å². The molecule has 1 saturated heterocycles. The molecule has 8 nitrogen and oxygen atoms in total. The van der Waals surface area contributed by atoms with E-state index < -0.39 is 6.17 Å². The Bertz CT molecular complexity index is 1130. The largest absolute Gasteiger partial charge is 0.493 e. The maximum absolute atomic E-state index is 13.6. The first-order chi connectivity index (χ1) is 16.1. The zero-order chi connectivity index (χ0) is 23.1. The number of amides is 3. The molecule has 2 aromatic carbocycles. The van der Waals surface area contributed by atoms with Gasteiger partial charge in [0.05, 0.1) is 31.0 Å². The lowest BCUT2D eigenvalue weighted by Crippen LogP contribution is -2.48. The summed E-state index contributed by atoms with van der Waals surface area (Å²) in [7, 11) is 3.03. The van der Waals surface area contributed by atoms with Crippen molar-refractivity contribution in [3.8, 4) is 11.5 Å². The molecule has 2 aromatic rings. The monoisotopic (exact) mass is 449 g/mol. The summed E-state index contributed by atoms with van der Waals surface area (Å²) in [6, 6.07) is 10.7. The zero-order valence-electron chi connectivity index (χ0n) is 18.9. The van der Waals surface area contributed by atoms with Gasteiger partial charge in [0.1, 0.15) is 6.17 Å². The summed E-state index contributed by atoms with van der Waals surface area (Å²) < 4.78 is 11.0. The molecule has 1 unspecified atom stereocenters. The number of nitrogens with zero attached hydrogens (tertiary/aromatic N) is 3. The second-order valence-electron chi connectivity index (χ2n) is 8.52. The molecule has 3 aliphatic rings. The molecule has 33 heavy (non-hydrogen) atoms. The van der Waals surface area contributed by atoms with E-state index in [-0.39, 0.29) is 17.7 Å². The summed E-state index contributed by atoms with van der Waals surface area (Å²) in [5.74, 6) is 0.582. The first-order valence-corrected chi connectivity index (χ1v) is 11.3. The fraction of sp³-hybridized carbons (Fsp3) is 0.400. The number of para-hydroxylation sites is 1. The maximum atomic E-state index is 13.6. The lowest BCUT2D eigenvalue weighted by Gasteiger charge is -2.41. The van der Waals surface area contributed by atoms with Crippen LogP contribution in [-0.4, -0.2) is 61.4 Å². The van der Waals surface area contributed by atoms with Crippen LogP contribution in [0.25, 0.3) is 0 Å². The summed E-state index contributed by atoms with van der Waals surface area (Å²) in [5.41, 5.74) is 2.17. The van der Waals surface area contributed by atoms with Gasteiger partial charge >= 0.3 is 0 Å². The van der Waals surface area contributed by atoms with Gasteiger partial charge in [-0.25, -0.2) is 0 Å². The van der Waals surface area contributed by atoms with Crippen LogP contribution in [0, 0.1) is 0 Å². The molecule has 172 valence electrons. The van der Waals surface area contributed by atoms with Gasteiger partial charge in [0.2, 0.25) is 5.91 Å². The van der Waals surface area contributed by atoms with Crippen molar-refractivity contribution in [1.82, 2.24) is 9.80 Å². The molecule has 0 saturated carbocycles. The van der Waals surface area contributed by atoms with Crippen LogP contribution in [-0.2, 0) is 4.79 Å². The number of benzene rings is 2. The van der Waals surface area contributed by atoms with Crippen molar-refractivity contribution in [2.24, 2.45) is 0 Å². The van der Waals surface area contributed by atoms with Gasteiger partial charge in [-0.15, -0.1) is 0 Å². The highest BCUT2D eigenvalue weighted by molar-refractivity contribution is 6.18. The summed E-state index contributed by atoms with van der Waals surface area (Å²) in [6.07, 6.45) is 2.43. The molecular formula is C25H27N3O5. The van der Waals surface area contributed by atoms with Crippen molar-refractivity contribution in [2.45, 2.75) is 31.8 Å². The highest BCUT2D eigenvalue weighted by atomic mass is 16.5. The Kier molecular flexibility index (Phi) is 5.44. The van der Waals surface area contributed by atoms with Gasteiger partial charge in [0.25, 0.3) is 11.8 Å². The van der Waals surface area contributed by atoms with E-state index in [1.807, 2.05) is 17.0 Å². The quantitative estimate of drug-likeness (QED) is 0.677. The molecule has 3 aliphatic heterocycles. The van der Waals surface area contributed by atoms with Crippen LogP contribution in [0.2, 0.25) is 0 Å². The van der Waals surface area contributed by atoms with Crippen molar-refractivity contribution in [1.29, 1.82) is 0 Å². The predicted molar refractivity (Wildman–Crippen MR) is 122 cm³/mol. The Hall–Kier alpha value is -3.55. The number of hydrogen-bond donors (Lipinski definition) is 0. The van der Waals surface area contributed by atoms with Crippen LogP contribution in [0.4, 0.5) is 5.69 Å². The number of methoxy groups -OCH3 is 2. The molecule has 1 fully saturated rings. The van der Waals surface area contributed by atoms with Gasteiger partial charge in [0.15, 0.2) is 11.5 Å². The van der Waals surface area contributed by atoms with Crippen molar-refractivity contribution >= 4 is 23.4 Å². The van der Waals surface area contributed by atoms with Crippen LogP contribution >= 0.6 is 0 Å². The van der Waals surface area contributed by atoms with Crippen molar-refractivity contribution in [2.75, 3.05) is 38.8 Å². The Morgan fingerprint density at radius 1 is 1.00 bits per heavy atom. The molecule has 0 bridgehead atoms. The molecule has 3 heterocycles. The number of likely N-dealkylation sites (tertiary alicyclic amines) is 1. The minimum Gasteiger partial charge on any atom is -0.493 e. The standard InChI is InChI=1S/C25H27N3O5/c1-32-19-12-11-17-21(22(19)33-2)25(31)28-18-9-4-3-8-16(18)24(30)27(23(17)28)15-7-10-20(29)26-13-5-6-14-26/h3-4,8-9,11-12,23H,5-7,10,13-15H2,1-2H3. The molecule has 3 amide bonds. The average Bonchev–Trinajstić information content (AvgIpc) is 3.48. The third-order valence-corrected chi connectivity index (χ3v) is 6.73. The van der Waals surface area contributed by atoms with E-state index in [0.717, 1.165) is 25.9 Å². The van der Waals surface area contributed by atoms with Gasteiger partial charge in [-0.3, -0.25) is 19.3 Å². The molecule has 0 radical (unpaired) electrons. The summed E-state index contributed by atoms with van der Waals surface area (Å²) in [5, 5.41) is 0. The summed E-state index contributed by atoms with van der Waals surface area (Å²) >= 11 is 0. The molecule has 8 heteroatoms. The smallest absolute Gasteiger partial charge is 0.264 e. The minimum absolute atomic E-state index is 0.128. The Morgan fingerprint density at radius 3 is 2.48 bits per heavy atom. The van der Waals surface area contributed by atoms with Gasteiger partial charge < -0.3 is 19.3 Å². The van der Waals surface area contributed by atoms with Gasteiger partial charge in [-0.05, 0) is 37.5 Å². The first-order valence-electron chi connectivity index (χ1n) is 11.3. The third-order valence-electron chi connectivity index (χ3n) is 6.73. The van der Waals surface area contributed by atoms with Gasteiger partial charge in [0, 0.05) is 31.6 Å². The second-order valence-corrected chi connectivity index (χ2v) is 8.52. The highest BCUT2D eigenvalue weighted by Crippen LogP contribution is 2.49. The fourth-order valence-corrected chi connectivity index (χ4v) is 5.18.